The molecule has 1 aliphatic rings. The van der Waals surface area contributed by atoms with E-state index in [0.29, 0.717) is 18.6 Å². The number of Topliss-reactive ketones (excluding diaryl/α,β-unsaturated/α-hetero) is 1. The van der Waals surface area contributed by atoms with Gasteiger partial charge in [0.1, 0.15) is 5.78 Å². The van der Waals surface area contributed by atoms with Crippen LogP contribution in [0, 0.1) is 6.92 Å². The lowest BCUT2D eigenvalue weighted by Crippen LogP contribution is -2.20. The van der Waals surface area contributed by atoms with Crippen molar-refractivity contribution in [2.45, 2.75) is 33.6 Å². The van der Waals surface area contributed by atoms with Crippen molar-refractivity contribution in [2.75, 3.05) is 18.0 Å². The van der Waals surface area contributed by atoms with Gasteiger partial charge < -0.3 is 4.90 Å². The molecule has 2 nitrogen and oxygen atoms in total. The summed E-state index contributed by atoms with van der Waals surface area (Å²) in [5, 5.41) is 0. The van der Waals surface area contributed by atoms with Crippen molar-refractivity contribution in [3.63, 3.8) is 0 Å². The topological polar surface area (TPSA) is 20.3 Å². The zero-order valence-electron chi connectivity index (χ0n) is 11.5. The molecule has 96 valence electrons. The maximum Gasteiger partial charge on any atom is 0.136 e. The molecule has 0 aromatic heterocycles. The van der Waals surface area contributed by atoms with Crippen molar-refractivity contribution < 1.29 is 4.79 Å². The van der Waals surface area contributed by atoms with E-state index in [0.717, 1.165) is 13.1 Å². The van der Waals surface area contributed by atoms with Gasteiger partial charge in [0.25, 0.3) is 0 Å². The van der Waals surface area contributed by atoms with E-state index in [-0.39, 0.29) is 0 Å². The smallest absolute Gasteiger partial charge is 0.136 e. The summed E-state index contributed by atoms with van der Waals surface area (Å²) in [4.78, 5) is 13.9. The number of nitrogens with zero attached hydrogens (tertiary/aromatic N) is 1. The molecule has 1 heterocycles. The molecule has 0 aliphatic carbocycles. The Balaban J connectivity index is 2.05. The molecule has 0 amide bonds. The summed E-state index contributed by atoms with van der Waals surface area (Å²) in [6.45, 7) is 8.04. The standard InChI is InChI=1S/C16H21NO/c1-4-16(18)9-14-11-17(10-13(14)3)15-7-5-12(2)6-8-15/h5-8H,4,9-11H2,1-3H3. The Bertz CT molecular complexity index is 470. The number of carbonyl (C=O) groups excluding carboxylic acids is 1. The number of benzene rings is 1. The number of anilines is 1. The monoisotopic (exact) mass is 243 g/mol. The summed E-state index contributed by atoms with van der Waals surface area (Å²) in [6, 6.07) is 8.60. The maximum absolute atomic E-state index is 11.5. The van der Waals surface area contributed by atoms with Crippen molar-refractivity contribution in [3.05, 3.63) is 41.0 Å². The Morgan fingerprint density at radius 1 is 1.17 bits per heavy atom. The van der Waals surface area contributed by atoms with Gasteiger partial charge in [-0.15, -0.1) is 0 Å². The van der Waals surface area contributed by atoms with Crippen LogP contribution in [-0.2, 0) is 4.79 Å². The summed E-state index contributed by atoms with van der Waals surface area (Å²) in [5.74, 6) is 0.343. The van der Waals surface area contributed by atoms with Gasteiger partial charge in [-0.05, 0) is 31.6 Å². The highest BCUT2D eigenvalue weighted by molar-refractivity contribution is 5.81. The molecule has 0 radical (unpaired) electrons. The van der Waals surface area contributed by atoms with Crippen LogP contribution < -0.4 is 4.90 Å². The van der Waals surface area contributed by atoms with Crippen molar-refractivity contribution in [1.82, 2.24) is 0 Å². The van der Waals surface area contributed by atoms with Gasteiger partial charge in [0.2, 0.25) is 0 Å². The summed E-state index contributed by atoms with van der Waals surface area (Å²) < 4.78 is 0. The molecule has 0 spiro atoms. The maximum atomic E-state index is 11.5. The van der Waals surface area contributed by atoms with Gasteiger partial charge in [-0.2, -0.15) is 0 Å². The predicted octanol–water partition coefficient (Wildman–Crippen LogP) is 3.50. The van der Waals surface area contributed by atoms with Gasteiger partial charge in [0.15, 0.2) is 0 Å². The van der Waals surface area contributed by atoms with Gasteiger partial charge in [-0.25, -0.2) is 0 Å². The molecule has 0 saturated heterocycles. The van der Waals surface area contributed by atoms with E-state index in [4.69, 9.17) is 0 Å². The van der Waals surface area contributed by atoms with Crippen LogP contribution in [0.25, 0.3) is 0 Å². The Labute approximate surface area is 109 Å². The first kappa shape index (κ1) is 12.9. The average Bonchev–Trinajstić information content (AvgIpc) is 2.71. The molecule has 0 atom stereocenters. The van der Waals surface area contributed by atoms with E-state index >= 15 is 0 Å². The molecule has 0 bridgehead atoms. The molecule has 1 aromatic carbocycles. The second-order valence-electron chi connectivity index (χ2n) is 5.14. The van der Waals surface area contributed by atoms with Crippen LogP contribution in [0.1, 0.15) is 32.3 Å². The number of rotatable bonds is 4. The van der Waals surface area contributed by atoms with Crippen molar-refractivity contribution in [3.8, 4) is 0 Å². The molecule has 18 heavy (non-hydrogen) atoms. The molecule has 0 fully saturated rings. The first-order chi connectivity index (χ1) is 8.60. The zero-order chi connectivity index (χ0) is 13.1. The number of hydrogen-bond donors (Lipinski definition) is 0. The van der Waals surface area contributed by atoms with E-state index < -0.39 is 0 Å². The minimum atomic E-state index is 0.343. The SMILES string of the molecule is CCC(=O)CC1=C(C)CN(c2ccc(C)cc2)C1. The first-order valence-electron chi connectivity index (χ1n) is 6.61. The van der Waals surface area contributed by atoms with Gasteiger partial charge in [0, 0.05) is 31.6 Å². The van der Waals surface area contributed by atoms with E-state index in [2.05, 4.69) is 43.0 Å². The lowest BCUT2D eigenvalue weighted by molar-refractivity contribution is -0.118. The minimum absolute atomic E-state index is 0.343. The molecule has 0 unspecified atom stereocenters. The summed E-state index contributed by atoms with van der Waals surface area (Å²) in [6.07, 6.45) is 1.27. The van der Waals surface area contributed by atoms with Crippen LogP contribution in [-0.4, -0.2) is 18.9 Å². The number of aryl methyl sites for hydroxylation is 1. The summed E-state index contributed by atoms with van der Waals surface area (Å²) in [5.41, 5.74) is 5.20. The van der Waals surface area contributed by atoms with Crippen LogP contribution in [0.5, 0.6) is 0 Å². The van der Waals surface area contributed by atoms with Crippen LogP contribution in [0.4, 0.5) is 5.69 Å². The van der Waals surface area contributed by atoms with Gasteiger partial charge in [-0.3, -0.25) is 4.79 Å². The highest BCUT2D eigenvalue weighted by Gasteiger charge is 2.20. The lowest BCUT2D eigenvalue weighted by atomic mass is 10.1. The van der Waals surface area contributed by atoms with Gasteiger partial charge >= 0.3 is 0 Å². The Morgan fingerprint density at radius 3 is 2.44 bits per heavy atom. The average molecular weight is 243 g/mol. The summed E-state index contributed by atoms with van der Waals surface area (Å²) >= 11 is 0. The third-order valence-electron chi connectivity index (χ3n) is 3.62. The van der Waals surface area contributed by atoms with Crippen molar-refractivity contribution >= 4 is 11.5 Å². The molecule has 1 aromatic rings. The van der Waals surface area contributed by atoms with E-state index in [9.17, 15) is 4.79 Å². The van der Waals surface area contributed by atoms with Crippen LogP contribution in [0.3, 0.4) is 0 Å². The molecule has 2 heteroatoms. The lowest BCUT2D eigenvalue weighted by Gasteiger charge is -2.19. The van der Waals surface area contributed by atoms with Crippen molar-refractivity contribution in [1.29, 1.82) is 0 Å². The largest absolute Gasteiger partial charge is 0.364 e. The van der Waals surface area contributed by atoms with E-state index in [1.807, 2.05) is 6.92 Å². The molecular weight excluding hydrogens is 222 g/mol. The molecular formula is C16H21NO. The third kappa shape index (κ3) is 2.81. The number of carbonyl (C=O) groups is 1. The fourth-order valence-corrected chi connectivity index (χ4v) is 2.33. The normalized spacial score (nSPS) is 15.4. The molecule has 1 aliphatic heterocycles. The highest BCUT2D eigenvalue weighted by Crippen LogP contribution is 2.26. The Morgan fingerprint density at radius 2 is 1.83 bits per heavy atom. The second kappa shape index (κ2) is 5.38. The molecule has 2 rings (SSSR count). The second-order valence-corrected chi connectivity index (χ2v) is 5.14. The van der Waals surface area contributed by atoms with Gasteiger partial charge in [-0.1, -0.05) is 30.2 Å². The fourth-order valence-electron chi connectivity index (χ4n) is 2.33. The zero-order valence-corrected chi connectivity index (χ0v) is 11.5. The fraction of sp³-hybridized carbons (Fsp3) is 0.438. The van der Waals surface area contributed by atoms with Crippen LogP contribution >= 0.6 is 0 Å². The predicted molar refractivity (Wildman–Crippen MR) is 76.0 cm³/mol. The van der Waals surface area contributed by atoms with E-state index in [1.54, 1.807) is 0 Å². The highest BCUT2D eigenvalue weighted by atomic mass is 16.1. The minimum Gasteiger partial charge on any atom is -0.364 e. The first-order valence-corrected chi connectivity index (χ1v) is 6.61. The quantitative estimate of drug-likeness (QED) is 0.754. The summed E-state index contributed by atoms with van der Waals surface area (Å²) in [7, 11) is 0. The third-order valence-corrected chi connectivity index (χ3v) is 3.62. The molecule has 0 saturated carbocycles. The van der Waals surface area contributed by atoms with Gasteiger partial charge in [0.05, 0.1) is 0 Å². The Kier molecular flexibility index (Phi) is 3.85. The number of ketones is 1. The Hall–Kier alpha value is -1.57. The van der Waals surface area contributed by atoms with Crippen molar-refractivity contribution in [2.24, 2.45) is 0 Å². The van der Waals surface area contributed by atoms with E-state index in [1.165, 1.54) is 22.4 Å². The van der Waals surface area contributed by atoms with Crippen LogP contribution in [0.15, 0.2) is 35.4 Å². The van der Waals surface area contributed by atoms with Crippen LogP contribution in [0.2, 0.25) is 0 Å². The molecule has 0 N–H and O–H groups in total. The number of hydrogen-bond acceptors (Lipinski definition) is 2.